The Morgan fingerprint density at radius 3 is 2.05 bits per heavy atom. The summed E-state index contributed by atoms with van der Waals surface area (Å²) in [5, 5.41) is 0. The van der Waals surface area contributed by atoms with Gasteiger partial charge in [0.05, 0.1) is 0 Å². The molecule has 0 saturated heterocycles. The smallest absolute Gasteiger partial charge is 0.333 e. The molecule has 0 aromatic rings. The van der Waals surface area contributed by atoms with Gasteiger partial charge in [-0.1, -0.05) is 13.5 Å². The van der Waals surface area contributed by atoms with Crippen molar-refractivity contribution in [2.24, 2.45) is 23.2 Å². The molecule has 0 N–H and O–H groups in total. The Kier molecular flexibility index (Phi) is 3.23. The maximum Gasteiger partial charge on any atom is 0.333 e. The van der Waals surface area contributed by atoms with Gasteiger partial charge >= 0.3 is 5.97 Å². The van der Waals surface area contributed by atoms with E-state index in [4.69, 9.17) is 4.74 Å². The zero-order chi connectivity index (χ0) is 13.6. The number of hydrogen-bond donors (Lipinski definition) is 0. The fourth-order valence-electron chi connectivity index (χ4n) is 5.44. The van der Waals surface area contributed by atoms with Crippen LogP contribution in [0.25, 0.3) is 0 Å². The highest BCUT2D eigenvalue weighted by Crippen LogP contribution is 2.62. The lowest BCUT2D eigenvalue weighted by molar-refractivity contribution is -0.169. The molecule has 19 heavy (non-hydrogen) atoms. The van der Waals surface area contributed by atoms with Crippen LogP contribution < -0.4 is 0 Å². The molecule has 4 fully saturated rings. The third-order valence-corrected chi connectivity index (χ3v) is 5.74. The minimum atomic E-state index is -0.192. The van der Waals surface area contributed by atoms with Crippen molar-refractivity contribution in [2.75, 3.05) is 0 Å². The van der Waals surface area contributed by atoms with Crippen LogP contribution in [0.1, 0.15) is 58.8 Å². The lowest BCUT2D eigenvalue weighted by Crippen LogP contribution is -2.52. The van der Waals surface area contributed by atoms with E-state index >= 15 is 0 Å². The van der Waals surface area contributed by atoms with E-state index in [1.165, 1.54) is 38.5 Å². The molecule has 4 bridgehead atoms. The van der Waals surface area contributed by atoms with Crippen LogP contribution in [0.4, 0.5) is 0 Å². The first-order chi connectivity index (χ1) is 9.02. The van der Waals surface area contributed by atoms with Gasteiger partial charge in [-0.25, -0.2) is 4.79 Å². The number of carbonyl (C=O) groups excluding carboxylic acids is 1. The largest absolute Gasteiger partial charge is 0.458 e. The normalized spacial score (nSPS) is 41.1. The number of carbonyl (C=O) groups is 1. The molecule has 4 rings (SSSR count). The van der Waals surface area contributed by atoms with E-state index in [0.29, 0.717) is 11.0 Å². The Morgan fingerprint density at radius 1 is 1.21 bits per heavy atom. The minimum Gasteiger partial charge on any atom is -0.458 e. The number of esters is 1. The molecule has 0 amide bonds. The van der Waals surface area contributed by atoms with Crippen LogP contribution in [0.3, 0.4) is 0 Å². The van der Waals surface area contributed by atoms with E-state index in [9.17, 15) is 4.79 Å². The summed E-state index contributed by atoms with van der Waals surface area (Å²) in [7, 11) is 0. The molecule has 0 radical (unpaired) electrons. The van der Waals surface area contributed by atoms with Crippen molar-refractivity contribution in [1.82, 2.24) is 0 Å². The van der Waals surface area contributed by atoms with Gasteiger partial charge in [-0.2, -0.15) is 0 Å². The van der Waals surface area contributed by atoms with Crippen molar-refractivity contribution in [3.05, 3.63) is 12.2 Å². The molecule has 0 heterocycles. The van der Waals surface area contributed by atoms with Gasteiger partial charge in [0.2, 0.25) is 0 Å². The van der Waals surface area contributed by atoms with Crippen molar-refractivity contribution >= 4 is 5.97 Å². The second kappa shape index (κ2) is 4.64. The molecule has 0 aromatic heterocycles. The van der Waals surface area contributed by atoms with Gasteiger partial charge in [0, 0.05) is 11.0 Å². The van der Waals surface area contributed by atoms with Gasteiger partial charge < -0.3 is 4.74 Å². The van der Waals surface area contributed by atoms with Crippen LogP contribution in [-0.4, -0.2) is 12.1 Å². The molecule has 2 nitrogen and oxygen atoms in total. The third kappa shape index (κ3) is 2.23. The van der Waals surface area contributed by atoms with E-state index in [1.807, 2.05) is 0 Å². The van der Waals surface area contributed by atoms with E-state index < -0.39 is 0 Å². The Hall–Kier alpha value is -0.790. The SMILES string of the molecule is C=C(C)C(=O)OC(CC)C12CC3CC(CC(C3)C1)C2. The maximum atomic E-state index is 11.9. The van der Waals surface area contributed by atoms with Crippen LogP contribution >= 0.6 is 0 Å². The molecule has 1 atom stereocenters. The molecule has 0 spiro atoms. The Balaban J connectivity index is 1.78. The van der Waals surface area contributed by atoms with E-state index in [2.05, 4.69) is 13.5 Å². The van der Waals surface area contributed by atoms with Gasteiger partial charge in [-0.3, -0.25) is 0 Å². The average Bonchev–Trinajstić information content (AvgIpc) is 2.33. The van der Waals surface area contributed by atoms with Crippen molar-refractivity contribution in [1.29, 1.82) is 0 Å². The van der Waals surface area contributed by atoms with Crippen LogP contribution in [-0.2, 0) is 9.53 Å². The van der Waals surface area contributed by atoms with Gasteiger partial charge in [0.25, 0.3) is 0 Å². The third-order valence-electron chi connectivity index (χ3n) is 5.74. The summed E-state index contributed by atoms with van der Waals surface area (Å²) in [5.41, 5.74) is 0.831. The molecular formula is C17H26O2. The highest BCUT2D eigenvalue weighted by molar-refractivity contribution is 5.87. The second-order valence-corrected chi connectivity index (χ2v) is 7.36. The van der Waals surface area contributed by atoms with Crippen LogP contribution in [0.2, 0.25) is 0 Å². The van der Waals surface area contributed by atoms with Gasteiger partial charge in [-0.05, 0) is 69.6 Å². The summed E-state index contributed by atoms with van der Waals surface area (Å²) in [4.78, 5) is 11.9. The van der Waals surface area contributed by atoms with E-state index in [1.54, 1.807) is 6.92 Å². The average molecular weight is 262 g/mol. The zero-order valence-electron chi connectivity index (χ0n) is 12.3. The molecule has 4 aliphatic carbocycles. The fraction of sp³-hybridized carbons (Fsp3) is 0.824. The highest BCUT2D eigenvalue weighted by Gasteiger charge is 2.54. The molecule has 4 saturated carbocycles. The van der Waals surface area contributed by atoms with E-state index in [0.717, 1.165) is 24.2 Å². The fourth-order valence-corrected chi connectivity index (χ4v) is 5.44. The van der Waals surface area contributed by atoms with Gasteiger partial charge in [0.1, 0.15) is 6.10 Å². The van der Waals surface area contributed by atoms with Crippen molar-refractivity contribution in [2.45, 2.75) is 64.9 Å². The van der Waals surface area contributed by atoms with Crippen LogP contribution in [0, 0.1) is 23.2 Å². The Labute approximate surface area is 116 Å². The minimum absolute atomic E-state index is 0.116. The lowest BCUT2D eigenvalue weighted by Gasteiger charge is -2.58. The monoisotopic (exact) mass is 262 g/mol. The quantitative estimate of drug-likeness (QED) is 0.563. The summed E-state index contributed by atoms with van der Waals surface area (Å²) in [6.07, 6.45) is 9.25. The lowest BCUT2D eigenvalue weighted by atomic mass is 9.48. The molecule has 4 aliphatic rings. The Bertz CT molecular complexity index is 361. The number of hydrogen-bond acceptors (Lipinski definition) is 2. The van der Waals surface area contributed by atoms with Crippen molar-refractivity contribution in [3.8, 4) is 0 Å². The summed E-state index contributed by atoms with van der Waals surface area (Å²) in [5.74, 6) is 2.53. The molecule has 0 aliphatic heterocycles. The topological polar surface area (TPSA) is 26.3 Å². The predicted octanol–water partition coefficient (Wildman–Crippen LogP) is 4.10. The second-order valence-electron chi connectivity index (χ2n) is 7.36. The standard InChI is InChI=1S/C17H26O2/c1-4-15(19-16(18)11(2)3)17-8-12-5-13(9-17)7-14(6-12)10-17/h12-15H,2,4-10H2,1,3H3. The van der Waals surface area contributed by atoms with Crippen molar-refractivity contribution < 1.29 is 9.53 Å². The molecular weight excluding hydrogens is 236 g/mol. The van der Waals surface area contributed by atoms with Gasteiger partial charge in [-0.15, -0.1) is 0 Å². The number of rotatable bonds is 4. The predicted molar refractivity (Wildman–Crippen MR) is 75.6 cm³/mol. The molecule has 1 unspecified atom stereocenters. The molecule has 2 heteroatoms. The molecule has 106 valence electrons. The number of ether oxygens (including phenoxy) is 1. The molecule has 0 aromatic carbocycles. The highest BCUT2D eigenvalue weighted by atomic mass is 16.5. The van der Waals surface area contributed by atoms with Crippen LogP contribution in [0.15, 0.2) is 12.2 Å². The summed E-state index contributed by atoms with van der Waals surface area (Å²) < 4.78 is 5.81. The summed E-state index contributed by atoms with van der Waals surface area (Å²) in [6.45, 7) is 7.62. The van der Waals surface area contributed by atoms with Crippen LogP contribution in [0.5, 0.6) is 0 Å². The first-order valence-corrected chi connectivity index (χ1v) is 7.89. The zero-order valence-corrected chi connectivity index (χ0v) is 12.3. The van der Waals surface area contributed by atoms with Gasteiger partial charge in [0.15, 0.2) is 0 Å². The Morgan fingerprint density at radius 2 is 1.68 bits per heavy atom. The maximum absolute atomic E-state index is 11.9. The van der Waals surface area contributed by atoms with E-state index in [-0.39, 0.29) is 12.1 Å². The first-order valence-electron chi connectivity index (χ1n) is 7.89. The van der Waals surface area contributed by atoms with Crippen molar-refractivity contribution in [3.63, 3.8) is 0 Å². The summed E-state index contributed by atoms with van der Waals surface area (Å²) >= 11 is 0. The summed E-state index contributed by atoms with van der Waals surface area (Å²) in [6, 6.07) is 0. The first kappa shape index (κ1) is 13.2.